The molecule has 1 aromatic rings. The van der Waals surface area contributed by atoms with Crippen LogP contribution >= 0.6 is 0 Å². The Kier molecular flexibility index (Phi) is 4.41. The van der Waals surface area contributed by atoms with Crippen molar-refractivity contribution < 1.29 is 18.7 Å². The van der Waals surface area contributed by atoms with Gasteiger partial charge >= 0.3 is 5.97 Å². The summed E-state index contributed by atoms with van der Waals surface area (Å²) in [6.07, 6.45) is -0.111. The van der Waals surface area contributed by atoms with Crippen LogP contribution < -0.4 is 0 Å². The van der Waals surface area contributed by atoms with Crippen LogP contribution in [0.25, 0.3) is 0 Å². The average Bonchev–Trinajstić information content (AvgIpc) is 2.30. The molecule has 0 N–H and O–H groups in total. The van der Waals surface area contributed by atoms with Crippen molar-refractivity contribution in [3.8, 4) is 11.8 Å². The molecule has 1 aromatic carbocycles. The van der Waals surface area contributed by atoms with E-state index >= 15 is 0 Å². The maximum Gasteiger partial charge on any atom is 0.317 e. The van der Waals surface area contributed by atoms with Crippen molar-refractivity contribution in [1.29, 1.82) is 0 Å². The summed E-state index contributed by atoms with van der Waals surface area (Å²) in [6, 6.07) is 3.93. The van der Waals surface area contributed by atoms with Crippen LogP contribution in [0, 0.1) is 17.7 Å². The van der Waals surface area contributed by atoms with E-state index in [0.29, 0.717) is 5.56 Å². The summed E-state index contributed by atoms with van der Waals surface area (Å²) in [7, 11) is 1.25. The zero-order valence-corrected chi connectivity index (χ0v) is 9.54. The Hall–Kier alpha value is -2.15. The van der Waals surface area contributed by atoms with Crippen LogP contribution in [0.4, 0.5) is 4.39 Å². The summed E-state index contributed by atoms with van der Waals surface area (Å²) in [5, 5.41) is 0. The van der Waals surface area contributed by atoms with E-state index in [4.69, 9.17) is 0 Å². The largest absolute Gasteiger partial charge is 0.468 e. The van der Waals surface area contributed by atoms with Crippen LogP contribution in [0.15, 0.2) is 18.2 Å². The highest BCUT2D eigenvalue weighted by Gasteiger charge is 2.04. The Balaban J connectivity index is 2.93. The second-order valence-electron chi connectivity index (χ2n) is 3.31. The molecule has 4 heteroatoms. The molecule has 0 aliphatic heterocycles. The lowest BCUT2D eigenvalue weighted by Gasteiger charge is -1.98. The molecule has 0 aromatic heterocycles. The third kappa shape index (κ3) is 3.72. The molecule has 88 valence electrons. The maximum absolute atomic E-state index is 13.3. The first-order valence-electron chi connectivity index (χ1n) is 4.90. The van der Waals surface area contributed by atoms with Gasteiger partial charge in [-0.2, -0.15) is 0 Å². The fraction of sp³-hybridized carbons (Fsp3) is 0.231. The van der Waals surface area contributed by atoms with E-state index in [9.17, 15) is 14.0 Å². The van der Waals surface area contributed by atoms with Crippen LogP contribution in [-0.4, -0.2) is 18.9 Å². The van der Waals surface area contributed by atoms with E-state index in [0.717, 1.165) is 0 Å². The molecule has 0 aliphatic carbocycles. The molecular formula is C13H11FO3. The summed E-state index contributed by atoms with van der Waals surface area (Å²) in [4.78, 5) is 21.9. The summed E-state index contributed by atoms with van der Waals surface area (Å²) in [6.45, 7) is 1.39. The molecule has 0 radical (unpaired) electrons. The number of carbonyl (C=O) groups excluding carboxylic acids is 2. The van der Waals surface area contributed by atoms with Gasteiger partial charge in [-0.15, -0.1) is 0 Å². The smallest absolute Gasteiger partial charge is 0.317 e. The minimum absolute atomic E-state index is 0.0987. The van der Waals surface area contributed by atoms with Crippen molar-refractivity contribution in [2.24, 2.45) is 0 Å². The summed E-state index contributed by atoms with van der Waals surface area (Å²) >= 11 is 0. The zero-order valence-electron chi connectivity index (χ0n) is 9.54. The molecule has 3 nitrogen and oxygen atoms in total. The normalized spacial score (nSPS) is 9.12. The van der Waals surface area contributed by atoms with E-state index in [1.54, 1.807) is 0 Å². The van der Waals surface area contributed by atoms with E-state index in [-0.39, 0.29) is 17.8 Å². The van der Waals surface area contributed by atoms with Gasteiger partial charge in [0.2, 0.25) is 0 Å². The molecule has 1 rings (SSSR count). The molecule has 0 spiro atoms. The van der Waals surface area contributed by atoms with Crippen molar-refractivity contribution >= 4 is 11.8 Å². The van der Waals surface area contributed by atoms with Crippen molar-refractivity contribution in [3.63, 3.8) is 0 Å². The number of esters is 1. The monoisotopic (exact) mass is 234 g/mol. The molecule has 0 saturated carbocycles. The van der Waals surface area contributed by atoms with E-state index in [1.165, 1.54) is 32.2 Å². The molecule has 0 saturated heterocycles. The lowest BCUT2D eigenvalue weighted by Crippen LogP contribution is -1.97. The maximum atomic E-state index is 13.3. The molecule has 0 heterocycles. The third-order valence-electron chi connectivity index (χ3n) is 2.06. The Morgan fingerprint density at radius 1 is 1.41 bits per heavy atom. The SMILES string of the molecule is COC(=O)CC#Cc1cc(C(C)=O)ccc1F. The number of methoxy groups -OCH3 is 1. The number of benzene rings is 1. The molecule has 17 heavy (non-hydrogen) atoms. The highest BCUT2D eigenvalue weighted by Crippen LogP contribution is 2.10. The average molecular weight is 234 g/mol. The van der Waals surface area contributed by atoms with Gasteiger partial charge in [0.15, 0.2) is 5.78 Å². The minimum atomic E-state index is -0.521. The number of Topliss-reactive ketones (excluding diaryl/α,β-unsaturated/α-hetero) is 1. The number of hydrogen-bond acceptors (Lipinski definition) is 3. The van der Waals surface area contributed by atoms with Crippen molar-refractivity contribution in [1.82, 2.24) is 0 Å². The molecule has 0 atom stereocenters. The quantitative estimate of drug-likeness (QED) is 0.446. The topological polar surface area (TPSA) is 43.4 Å². The molecule has 0 unspecified atom stereocenters. The molecule has 0 bridgehead atoms. The van der Waals surface area contributed by atoms with Crippen LogP contribution in [-0.2, 0) is 9.53 Å². The number of hydrogen-bond donors (Lipinski definition) is 0. The Bertz CT molecular complexity index is 509. The number of halogens is 1. The van der Waals surface area contributed by atoms with E-state index < -0.39 is 11.8 Å². The lowest BCUT2D eigenvalue weighted by atomic mass is 10.1. The van der Waals surface area contributed by atoms with Gasteiger partial charge in [-0.3, -0.25) is 9.59 Å². The van der Waals surface area contributed by atoms with Gasteiger partial charge in [-0.25, -0.2) is 4.39 Å². The van der Waals surface area contributed by atoms with Gasteiger partial charge in [0.05, 0.1) is 12.7 Å². The third-order valence-corrected chi connectivity index (χ3v) is 2.06. The van der Waals surface area contributed by atoms with Gasteiger partial charge in [0.25, 0.3) is 0 Å². The lowest BCUT2D eigenvalue weighted by molar-refractivity contribution is -0.139. The highest BCUT2D eigenvalue weighted by atomic mass is 19.1. The first-order valence-corrected chi connectivity index (χ1v) is 4.90. The summed E-state index contributed by atoms with van der Waals surface area (Å²) in [5.74, 6) is 3.81. The van der Waals surface area contributed by atoms with Crippen LogP contribution in [0.2, 0.25) is 0 Å². The van der Waals surface area contributed by atoms with Gasteiger partial charge in [-0.05, 0) is 25.1 Å². The Labute approximate surface area is 98.6 Å². The highest BCUT2D eigenvalue weighted by molar-refractivity contribution is 5.94. The first-order chi connectivity index (χ1) is 8.04. The van der Waals surface area contributed by atoms with Crippen molar-refractivity contribution in [2.45, 2.75) is 13.3 Å². The van der Waals surface area contributed by atoms with Crippen LogP contribution in [0.3, 0.4) is 0 Å². The van der Waals surface area contributed by atoms with Crippen LogP contribution in [0.1, 0.15) is 29.3 Å². The Morgan fingerprint density at radius 2 is 2.12 bits per heavy atom. The van der Waals surface area contributed by atoms with Crippen molar-refractivity contribution in [3.05, 3.63) is 35.1 Å². The molecular weight excluding hydrogens is 223 g/mol. The number of ether oxygens (including phenoxy) is 1. The Morgan fingerprint density at radius 3 is 2.71 bits per heavy atom. The van der Waals surface area contributed by atoms with E-state index in [1.807, 2.05) is 0 Å². The molecule has 0 aliphatic rings. The number of ketones is 1. The predicted octanol–water partition coefficient (Wildman–Crippen LogP) is 1.94. The second-order valence-corrected chi connectivity index (χ2v) is 3.31. The fourth-order valence-corrected chi connectivity index (χ4v) is 1.12. The van der Waals surface area contributed by atoms with Gasteiger partial charge in [-0.1, -0.05) is 11.8 Å². The van der Waals surface area contributed by atoms with Gasteiger partial charge < -0.3 is 4.74 Å². The summed E-state index contributed by atoms with van der Waals surface area (Å²) < 4.78 is 17.7. The van der Waals surface area contributed by atoms with Gasteiger partial charge in [0, 0.05) is 5.56 Å². The predicted molar refractivity (Wildman–Crippen MR) is 59.9 cm³/mol. The summed E-state index contributed by atoms with van der Waals surface area (Å²) in [5.41, 5.74) is 0.482. The van der Waals surface area contributed by atoms with Crippen molar-refractivity contribution in [2.75, 3.05) is 7.11 Å². The standard InChI is InChI=1S/C13H11FO3/c1-9(15)10-6-7-12(14)11(8-10)4-3-5-13(16)17-2/h6-8H,5H2,1-2H3. The zero-order chi connectivity index (χ0) is 12.8. The molecule has 0 fully saturated rings. The number of rotatable bonds is 2. The van der Waals surface area contributed by atoms with E-state index in [2.05, 4.69) is 16.6 Å². The fourth-order valence-electron chi connectivity index (χ4n) is 1.12. The number of carbonyl (C=O) groups is 2. The molecule has 0 amide bonds. The first kappa shape index (κ1) is 12.9. The van der Waals surface area contributed by atoms with Gasteiger partial charge in [0.1, 0.15) is 12.2 Å². The van der Waals surface area contributed by atoms with Crippen LogP contribution in [0.5, 0.6) is 0 Å². The second kappa shape index (κ2) is 5.80. The minimum Gasteiger partial charge on any atom is -0.468 e.